The van der Waals surface area contributed by atoms with Crippen LogP contribution in [0.3, 0.4) is 0 Å². The Balaban J connectivity index is 1.79. The molecule has 1 saturated heterocycles. The SMILES string of the molecule is CC(C)(C)C1CCN(CC2(N)CCCCC2)CC1. The standard InChI is InChI=1S/C16H32N2/c1-15(2,3)14-7-11-18(12-8-14)13-16(17)9-5-4-6-10-16/h14H,4-13,17H2,1-3H3. The van der Waals surface area contributed by atoms with Crippen molar-refractivity contribution in [3.05, 3.63) is 0 Å². The fraction of sp³-hybridized carbons (Fsp3) is 1.00. The molecule has 2 heteroatoms. The van der Waals surface area contributed by atoms with E-state index in [0.29, 0.717) is 5.41 Å². The third-order valence-electron chi connectivity index (χ3n) is 5.20. The van der Waals surface area contributed by atoms with E-state index in [4.69, 9.17) is 5.73 Å². The normalized spacial score (nSPS) is 27.3. The van der Waals surface area contributed by atoms with E-state index in [-0.39, 0.29) is 5.54 Å². The molecule has 0 atom stereocenters. The van der Waals surface area contributed by atoms with Gasteiger partial charge in [-0.05, 0) is 50.1 Å². The van der Waals surface area contributed by atoms with E-state index in [2.05, 4.69) is 25.7 Å². The van der Waals surface area contributed by atoms with Gasteiger partial charge in [0.25, 0.3) is 0 Å². The molecule has 106 valence electrons. The van der Waals surface area contributed by atoms with Crippen molar-refractivity contribution < 1.29 is 0 Å². The van der Waals surface area contributed by atoms with Crippen LogP contribution in [0, 0.1) is 11.3 Å². The van der Waals surface area contributed by atoms with Crippen molar-refractivity contribution in [2.45, 2.75) is 71.3 Å². The topological polar surface area (TPSA) is 29.3 Å². The summed E-state index contributed by atoms with van der Waals surface area (Å²) in [7, 11) is 0. The second kappa shape index (κ2) is 5.50. The summed E-state index contributed by atoms with van der Waals surface area (Å²) in [5.41, 5.74) is 7.18. The predicted octanol–water partition coefficient (Wildman–Crippen LogP) is 3.41. The smallest absolute Gasteiger partial charge is 0.0283 e. The highest BCUT2D eigenvalue weighted by Crippen LogP contribution is 2.35. The highest BCUT2D eigenvalue weighted by Gasteiger charge is 2.33. The molecule has 2 N–H and O–H groups in total. The van der Waals surface area contributed by atoms with Crippen LogP contribution in [0.15, 0.2) is 0 Å². The monoisotopic (exact) mass is 252 g/mol. The summed E-state index contributed by atoms with van der Waals surface area (Å²) < 4.78 is 0. The largest absolute Gasteiger partial charge is 0.324 e. The van der Waals surface area contributed by atoms with E-state index in [1.54, 1.807) is 0 Å². The lowest BCUT2D eigenvalue weighted by Crippen LogP contribution is -2.53. The summed E-state index contributed by atoms with van der Waals surface area (Å²) in [4.78, 5) is 2.63. The summed E-state index contributed by atoms with van der Waals surface area (Å²) in [6.07, 6.45) is 9.28. The number of piperidine rings is 1. The van der Waals surface area contributed by atoms with Gasteiger partial charge in [-0.3, -0.25) is 0 Å². The molecule has 2 nitrogen and oxygen atoms in total. The first-order valence-corrected chi connectivity index (χ1v) is 7.90. The molecule has 0 aromatic carbocycles. The van der Waals surface area contributed by atoms with Gasteiger partial charge >= 0.3 is 0 Å². The van der Waals surface area contributed by atoms with E-state index in [9.17, 15) is 0 Å². The molecular weight excluding hydrogens is 220 g/mol. The lowest BCUT2D eigenvalue weighted by Gasteiger charge is -2.43. The highest BCUT2D eigenvalue weighted by molar-refractivity contribution is 4.92. The van der Waals surface area contributed by atoms with Gasteiger partial charge in [-0.1, -0.05) is 40.0 Å². The lowest BCUT2D eigenvalue weighted by molar-refractivity contribution is 0.0866. The summed E-state index contributed by atoms with van der Waals surface area (Å²) in [6, 6.07) is 0. The Hall–Kier alpha value is -0.0800. The number of likely N-dealkylation sites (tertiary alicyclic amines) is 1. The van der Waals surface area contributed by atoms with Crippen molar-refractivity contribution >= 4 is 0 Å². The zero-order valence-electron chi connectivity index (χ0n) is 12.7. The number of nitrogens with two attached hydrogens (primary N) is 1. The number of hydrogen-bond donors (Lipinski definition) is 1. The van der Waals surface area contributed by atoms with Gasteiger partial charge in [0.1, 0.15) is 0 Å². The minimum Gasteiger partial charge on any atom is -0.324 e. The molecule has 0 unspecified atom stereocenters. The Morgan fingerprint density at radius 1 is 1.06 bits per heavy atom. The van der Waals surface area contributed by atoms with Crippen LogP contribution in [0.1, 0.15) is 65.7 Å². The average Bonchev–Trinajstić information content (AvgIpc) is 2.29. The van der Waals surface area contributed by atoms with E-state index in [1.807, 2.05) is 0 Å². The zero-order chi connectivity index (χ0) is 13.2. The molecule has 0 aromatic rings. The Kier molecular flexibility index (Phi) is 4.38. The van der Waals surface area contributed by atoms with Crippen molar-refractivity contribution in [1.82, 2.24) is 4.90 Å². The molecular formula is C16H32N2. The zero-order valence-corrected chi connectivity index (χ0v) is 12.7. The first-order valence-electron chi connectivity index (χ1n) is 7.90. The van der Waals surface area contributed by atoms with Crippen LogP contribution in [-0.2, 0) is 0 Å². The van der Waals surface area contributed by atoms with Crippen LogP contribution < -0.4 is 5.73 Å². The Labute approximate surface area is 113 Å². The van der Waals surface area contributed by atoms with E-state index < -0.39 is 0 Å². The maximum atomic E-state index is 6.57. The van der Waals surface area contributed by atoms with Gasteiger partial charge in [-0.2, -0.15) is 0 Å². The molecule has 2 fully saturated rings. The van der Waals surface area contributed by atoms with Gasteiger partial charge in [0, 0.05) is 12.1 Å². The van der Waals surface area contributed by atoms with Crippen molar-refractivity contribution in [3.63, 3.8) is 0 Å². The minimum atomic E-state index is 0.132. The molecule has 0 bridgehead atoms. The van der Waals surface area contributed by atoms with Crippen LogP contribution in [0.2, 0.25) is 0 Å². The second-order valence-electron chi connectivity index (χ2n) is 7.84. The van der Waals surface area contributed by atoms with Crippen LogP contribution in [0.4, 0.5) is 0 Å². The fourth-order valence-electron chi connectivity index (χ4n) is 3.82. The first kappa shape index (κ1) is 14.3. The molecule has 1 aliphatic carbocycles. The van der Waals surface area contributed by atoms with Gasteiger partial charge < -0.3 is 10.6 Å². The number of nitrogens with zero attached hydrogens (tertiary/aromatic N) is 1. The van der Waals surface area contributed by atoms with E-state index in [0.717, 1.165) is 12.5 Å². The number of rotatable bonds is 2. The first-order chi connectivity index (χ1) is 8.39. The second-order valence-corrected chi connectivity index (χ2v) is 7.84. The summed E-state index contributed by atoms with van der Waals surface area (Å²) in [5, 5.41) is 0. The maximum Gasteiger partial charge on any atom is 0.0283 e. The highest BCUT2D eigenvalue weighted by atomic mass is 15.2. The fourth-order valence-corrected chi connectivity index (χ4v) is 3.82. The average molecular weight is 252 g/mol. The van der Waals surface area contributed by atoms with Gasteiger partial charge in [0.2, 0.25) is 0 Å². The van der Waals surface area contributed by atoms with Crippen molar-refractivity contribution in [3.8, 4) is 0 Å². The van der Waals surface area contributed by atoms with Gasteiger partial charge in [-0.15, -0.1) is 0 Å². The summed E-state index contributed by atoms with van der Waals surface area (Å²) in [5.74, 6) is 0.897. The minimum absolute atomic E-state index is 0.132. The third kappa shape index (κ3) is 3.71. The van der Waals surface area contributed by atoms with E-state index in [1.165, 1.54) is 58.0 Å². The third-order valence-corrected chi connectivity index (χ3v) is 5.20. The van der Waals surface area contributed by atoms with Crippen molar-refractivity contribution in [1.29, 1.82) is 0 Å². The molecule has 0 aromatic heterocycles. The summed E-state index contributed by atoms with van der Waals surface area (Å²) in [6.45, 7) is 10.8. The Bertz CT molecular complexity index is 253. The van der Waals surface area contributed by atoms with Gasteiger partial charge in [0.15, 0.2) is 0 Å². The number of hydrogen-bond acceptors (Lipinski definition) is 2. The molecule has 0 amide bonds. The van der Waals surface area contributed by atoms with Crippen molar-refractivity contribution in [2.75, 3.05) is 19.6 Å². The van der Waals surface area contributed by atoms with E-state index >= 15 is 0 Å². The Morgan fingerprint density at radius 2 is 1.61 bits per heavy atom. The quantitative estimate of drug-likeness (QED) is 0.816. The van der Waals surface area contributed by atoms with Gasteiger partial charge in [0.05, 0.1) is 0 Å². The van der Waals surface area contributed by atoms with Crippen LogP contribution in [-0.4, -0.2) is 30.1 Å². The molecule has 2 rings (SSSR count). The molecule has 1 heterocycles. The molecule has 2 aliphatic rings. The molecule has 18 heavy (non-hydrogen) atoms. The Morgan fingerprint density at radius 3 is 2.11 bits per heavy atom. The summed E-state index contributed by atoms with van der Waals surface area (Å²) >= 11 is 0. The molecule has 0 spiro atoms. The van der Waals surface area contributed by atoms with Crippen LogP contribution in [0.25, 0.3) is 0 Å². The van der Waals surface area contributed by atoms with Gasteiger partial charge in [-0.25, -0.2) is 0 Å². The molecule has 1 saturated carbocycles. The maximum absolute atomic E-state index is 6.57. The van der Waals surface area contributed by atoms with Crippen molar-refractivity contribution in [2.24, 2.45) is 17.1 Å². The van der Waals surface area contributed by atoms with Crippen LogP contribution in [0.5, 0.6) is 0 Å². The van der Waals surface area contributed by atoms with Crippen LogP contribution >= 0.6 is 0 Å². The lowest BCUT2D eigenvalue weighted by atomic mass is 9.75. The predicted molar refractivity (Wildman–Crippen MR) is 78.6 cm³/mol. The molecule has 1 aliphatic heterocycles. The molecule has 0 radical (unpaired) electrons.